The van der Waals surface area contributed by atoms with Gasteiger partial charge >= 0.3 is 41.1 Å². The Morgan fingerprint density at radius 2 is 1.17 bits per heavy atom. The zero-order valence-electron chi connectivity index (χ0n) is 13.1. The van der Waals surface area contributed by atoms with Crippen LogP contribution < -0.4 is 11.5 Å². The average Bonchev–Trinajstić information content (AvgIpc) is 2.41. The first-order chi connectivity index (χ1) is 12.9. The van der Waals surface area contributed by atoms with Gasteiger partial charge < -0.3 is 16.2 Å². The summed E-state index contributed by atoms with van der Waals surface area (Å²) in [5, 5.41) is 0. The van der Waals surface area contributed by atoms with Crippen LogP contribution in [0.5, 0.6) is 0 Å². The standard InChI is InChI=1S/C9H5F11N2O7S/c10-1(11)2(12)28-9(19,20)6(13,7(14,15)16)29-8(17,18)5(3(21)23,4(22)24)30(25,26)27/h(H2,21,23)(H2,22,24)(H,25,26,27). The van der Waals surface area contributed by atoms with Crippen LogP contribution in [-0.2, 0) is 29.2 Å². The number of primary amides is 2. The lowest BCUT2D eigenvalue weighted by Crippen LogP contribution is -2.73. The highest BCUT2D eigenvalue weighted by Crippen LogP contribution is 2.52. The third-order valence-corrected chi connectivity index (χ3v) is 4.28. The molecule has 0 radical (unpaired) electrons. The normalized spacial score (nSPS) is 15.9. The second-order valence-electron chi connectivity index (χ2n) is 4.75. The molecule has 0 spiro atoms. The van der Waals surface area contributed by atoms with Crippen LogP contribution in [0.15, 0.2) is 12.1 Å². The molecule has 0 aromatic carbocycles. The molecule has 176 valence electrons. The number of hydrogen-bond donors (Lipinski definition) is 3. The van der Waals surface area contributed by atoms with E-state index >= 15 is 0 Å². The maximum Gasteiger partial charge on any atom is 0.471 e. The fourth-order valence-corrected chi connectivity index (χ4v) is 2.41. The van der Waals surface area contributed by atoms with Crippen molar-refractivity contribution in [3.63, 3.8) is 0 Å². The van der Waals surface area contributed by atoms with Crippen molar-refractivity contribution in [2.75, 3.05) is 0 Å². The molecular weight excluding hydrogens is 489 g/mol. The Morgan fingerprint density at radius 1 is 0.800 bits per heavy atom. The summed E-state index contributed by atoms with van der Waals surface area (Å²) >= 11 is 0. The molecule has 1 unspecified atom stereocenters. The number of hydrogen-bond acceptors (Lipinski definition) is 6. The second-order valence-corrected chi connectivity index (χ2v) is 6.31. The Kier molecular flexibility index (Phi) is 7.06. The molecule has 9 nitrogen and oxygen atoms in total. The van der Waals surface area contributed by atoms with Gasteiger partial charge in [-0.05, 0) is 0 Å². The summed E-state index contributed by atoms with van der Waals surface area (Å²) in [6.07, 6.45) is -25.7. The number of halogens is 11. The summed E-state index contributed by atoms with van der Waals surface area (Å²) in [6.45, 7) is 0. The first kappa shape index (κ1) is 27.6. The van der Waals surface area contributed by atoms with E-state index in [1.54, 1.807) is 0 Å². The monoisotopic (exact) mass is 494 g/mol. The summed E-state index contributed by atoms with van der Waals surface area (Å²) < 4.78 is 172. The van der Waals surface area contributed by atoms with Crippen LogP contribution in [0.4, 0.5) is 48.3 Å². The van der Waals surface area contributed by atoms with Gasteiger partial charge in [-0.1, -0.05) is 0 Å². The van der Waals surface area contributed by atoms with Crippen LogP contribution in [0.1, 0.15) is 0 Å². The van der Waals surface area contributed by atoms with Gasteiger partial charge in [0.25, 0.3) is 21.9 Å². The van der Waals surface area contributed by atoms with Gasteiger partial charge in [-0.2, -0.15) is 56.7 Å². The number of amides is 2. The molecule has 0 saturated carbocycles. The first-order valence-corrected chi connectivity index (χ1v) is 7.54. The summed E-state index contributed by atoms with van der Waals surface area (Å²) in [4.78, 5) is 22.1. The minimum absolute atomic E-state index is 1.97. The third-order valence-electron chi connectivity index (χ3n) is 2.86. The SMILES string of the molecule is NC(=O)C(C(N)=O)(C(F)(F)OC(F)(C(F)(F)F)C(F)(F)OC(F)=C(F)F)S(=O)(=O)O. The van der Waals surface area contributed by atoms with Crippen molar-refractivity contribution in [1.82, 2.24) is 0 Å². The van der Waals surface area contributed by atoms with Gasteiger partial charge in [-0.15, -0.1) is 0 Å². The lowest BCUT2D eigenvalue weighted by Gasteiger charge is -2.39. The number of alkyl halides is 8. The molecular formula is C9H5F11N2O7S. The zero-order valence-corrected chi connectivity index (χ0v) is 13.9. The molecule has 0 bridgehead atoms. The van der Waals surface area contributed by atoms with Crippen LogP contribution in [-0.4, -0.2) is 53.8 Å². The molecule has 0 aliphatic rings. The highest BCUT2D eigenvalue weighted by atomic mass is 32.2. The number of ether oxygens (including phenoxy) is 2. The first-order valence-electron chi connectivity index (χ1n) is 6.10. The van der Waals surface area contributed by atoms with E-state index in [0.717, 1.165) is 0 Å². The minimum atomic E-state index is -7.52. The highest BCUT2D eigenvalue weighted by molar-refractivity contribution is 7.89. The predicted octanol–water partition coefficient (Wildman–Crippen LogP) is 1.07. The Morgan fingerprint density at radius 3 is 1.40 bits per heavy atom. The fraction of sp³-hybridized carbons (Fsp3) is 0.556. The van der Waals surface area contributed by atoms with E-state index in [9.17, 15) is 66.3 Å². The molecule has 0 rings (SSSR count). The topological polar surface area (TPSA) is 159 Å². The molecule has 0 aliphatic heterocycles. The van der Waals surface area contributed by atoms with Crippen LogP contribution >= 0.6 is 0 Å². The smallest absolute Gasteiger partial charge is 0.398 e. The molecule has 1 atom stereocenters. The zero-order chi connectivity index (χ0) is 24.7. The highest BCUT2D eigenvalue weighted by Gasteiger charge is 2.84. The Bertz CT molecular complexity index is 838. The predicted molar refractivity (Wildman–Crippen MR) is 65.0 cm³/mol. The van der Waals surface area contributed by atoms with E-state index in [4.69, 9.17) is 4.55 Å². The molecule has 2 amide bonds. The van der Waals surface area contributed by atoms with Crippen molar-refractivity contribution in [3.8, 4) is 0 Å². The lowest BCUT2D eigenvalue weighted by atomic mass is 10.1. The van der Waals surface area contributed by atoms with Crippen molar-refractivity contribution in [2.24, 2.45) is 11.5 Å². The van der Waals surface area contributed by atoms with Crippen LogP contribution in [0.25, 0.3) is 0 Å². The van der Waals surface area contributed by atoms with Crippen molar-refractivity contribution in [2.45, 2.75) is 29.0 Å². The summed E-state index contributed by atoms with van der Waals surface area (Å²) in [6, 6.07) is -3.94. The van der Waals surface area contributed by atoms with E-state index in [2.05, 4.69) is 11.5 Å². The van der Waals surface area contributed by atoms with E-state index in [0.29, 0.717) is 0 Å². The maximum absolute atomic E-state index is 14.0. The molecule has 5 N–H and O–H groups in total. The fourth-order valence-electron chi connectivity index (χ4n) is 1.56. The quantitative estimate of drug-likeness (QED) is 0.187. The van der Waals surface area contributed by atoms with Gasteiger partial charge in [0.15, 0.2) is 0 Å². The van der Waals surface area contributed by atoms with Gasteiger partial charge in [0.05, 0.1) is 0 Å². The number of rotatable bonds is 9. The lowest BCUT2D eigenvalue weighted by molar-refractivity contribution is -0.498. The molecule has 0 aromatic rings. The Hall–Kier alpha value is -2.42. The minimum Gasteiger partial charge on any atom is -0.398 e. The number of nitrogens with two attached hydrogens (primary N) is 2. The summed E-state index contributed by atoms with van der Waals surface area (Å²) in [7, 11) is -7.13. The molecule has 30 heavy (non-hydrogen) atoms. The van der Waals surface area contributed by atoms with E-state index in [-0.39, 0.29) is 0 Å². The number of carbonyl (C=O) groups excluding carboxylic acids is 2. The molecule has 0 aromatic heterocycles. The van der Waals surface area contributed by atoms with E-state index in [1.807, 2.05) is 9.47 Å². The van der Waals surface area contributed by atoms with Crippen LogP contribution in [0.2, 0.25) is 0 Å². The van der Waals surface area contributed by atoms with E-state index in [1.165, 1.54) is 0 Å². The van der Waals surface area contributed by atoms with Crippen molar-refractivity contribution >= 4 is 21.9 Å². The maximum atomic E-state index is 14.0. The summed E-state index contributed by atoms with van der Waals surface area (Å²) in [5.74, 6) is -14.2. The van der Waals surface area contributed by atoms with Gasteiger partial charge in [-0.25, -0.2) is 0 Å². The van der Waals surface area contributed by atoms with Crippen molar-refractivity contribution in [1.29, 1.82) is 0 Å². The van der Waals surface area contributed by atoms with Gasteiger partial charge in [0, 0.05) is 0 Å². The van der Waals surface area contributed by atoms with Crippen LogP contribution in [0, 0.1) is 0 Å². The van der Waals surface area contributed by atoms with Gasteiger partial charge in [0.1, 0.15) is 0 Å². The molecule has 0 heterocycles. The number of carbonyl (C=O) groups is 2. The molecule has 0 aliphatic carbocycles. The second kappa shape index (κ2) is 7.68. The third kappa shape index (κ3) is 4.21. The Labute approximate surface area is 156 Å². The average molecular weight is 494 g/mol. The van der Waals surface area contributed by atoms with Crippen molar-refractivity contribution in [3.05, 3.63) is 12.1 Å². The molecule has 0 fully saturated rings. The van der Waals surface area contributed by atoms with Crippen LogP contribution in [0.3, 0.4) is 0 Å². The van der Waals surface area contributed by atoms with Crippen molar-refractivity contribution < 1.29 is 80.3 Å². The van der Waals surface area contributed by atoms with Gasteiger partial charge in [0.2, 0.25) is 0 Å². The summed E-state index contributed by atoms with van der Waals surface area (Å²) in [5.41, 5.74) is 8.15. The largest absolute Gasteiger partial charge is 0.471 e. The van der Waals surface area contributed by atoms with Gasteiger partial charge in [-0.3, -0.25) is 18.9 Å². The molecule has 0 saturated heterocycles. The molecule has 21 heteroatoms. The van der Waals surface area contributed by atoms with E-state index < -0.39 is 63.0 Å². The Balaban J connectivity index is 7.01.